The van der Waals surface area contributed by atoms with Crippen molar-refractivity contribution in [1.29, 1.82) is 0 Å². The van der Waals surface area contributed by atoms with E-state index in [0.717, 1.165) is 13.1 Å². The first-order chi connectivity index (χ1) is 18.9. The van der Waals surface area contributed by atoms with Gasteiger partial charge >= 0.3 is 0 Å². The Labute approximate surface area is 238 Å². The molecule has 0 saturated carbocycles. The summed E-state index contributed by atoms with van der Waals surface area (Å²) in [5.41, 5.74) is -0.793. The van der Waals surface area contributed by atoms with Crippen molar-refractivity contribution in [2.75, 3.05) is 39.1 Å². The molecule has 5 atom stereocenters. The molecule has 1 aromatic rings. The van der Waals surface area contributed by atoms with Gasteiger partial charge in [0, 0.05) is 19.2 Å². The van der Waals surface area contributed by atoms with Crippen molar-refractivity contribution < 1.29 is 33.2 Å². The first kappa shape index (κ1) is 32.1. The number of ether oxygens (including phenoxy) is 2. The van der Waals surface area contributed by atoms with E-state index in [-0.39, 0.29) is 29.5 Å². The standard InChI is InChI=1S/C27H44N5O7P/c1-16(2)10-19(23(33)27(5)15-38-27)28-26(36)22(14-40)30-24(34)20(11-17(3)4)29-25(35)21-12-18(39-31-21)13-32-6-8-37-9-7-32/h12,16-17,19-20,22H,6-11,13-15,40H2,1-5H3,(H,28,36)(H,29,35)(H,30,34)/t19-,20-,22-,27+/m0/s1. The van der Waals surface area contributed by atoms with Crippen molar-refractivity contribution in [2.24, 2.45) is 11.8 Å². The van der Waals surface area contributed by atoms with Gasteiger partial charge in [-0.05, 0) is 37.8 Å². The van der Waals surface area contributed by atoms with Gasteiger partial charge < -0.3 is 29.9 Å². The number of hydrogen-bond acceptors (Lipinski definition) is 9. The van der Waals surface area contributed by atoms with E-state index in [9.17, 15) is 19.2 Å². The maximum absolute atomic E-state index is 13.3. The number of amides is 3. The highest BCUT2D eigenvalue weighted by molar-refractivity contribution is 7.16. The molecule has 3 rings (SSSR count). The Morgan fingerprint density at radius 2 is 1.55 bits per heavy atom. The molecule has 224 valence electrons. The van der Waals surface area contributed by atoms with Crippen LogP contribution >= 0.6 is 9.24 Å². The fraction of sp³-hybridized carbons (Fsp3) is 0.741. The van der Waals surface area contributed by atoms with Gasteiger partial charge in [-0.1, -0.05) is 32.9 Å². The molecule has 40 heavy (non-hydrogen) atoms. The van der Waals surface area contributed by atoms with E-state index in [1.54, 1.807) is 13.0 Å². The molecule has 3 amide bonds. The van der Waals surface area contributed by atoms with Gasteiger partial charge in [0.05, 0.1) is 32.4 Å². The Balaban J connectivity index is 1.62. The van der Waals surface area contributed by atoms with Gasteiger partial charge in [-0.15, -0.1) is 9.24 Å². The van der Waals surface area contributed by atoms with Gasteiger partial charge in [0.1, 0.15) is 17.7 Å². The molecule has 0 aromatic carbocycles. The van der Waals surface area contributed by atoms with Crippen LogP contribution in [0.4, 0.5) is 0 Å². The highest BCUT2D eigenvalue weighted by Crippen LogP contribution is 2.29. The molecule has 0 bridgehead atoms. The average molecular weight is 582 g/mol. The van der Waals surface area contributed by atoms with E-state index >= 15 is 0 Å². The van der Waals surface area contributed by atoms with Crippen molar-refractivity contribution in [3.05, 3.63) is 17.5 Å². The zero-order chi connectivity index (χ0) is 29.4. The van der Waals surface area contributed by atoms with Gasteiger partial charge in [0.15, 0.2) is 17.2 Å². The van der Waals surface area contributed by atoms with Crippen molar-refractivity contribution >= 4 is 32.7 Å². The highest BCUT2D eigenvalue weighted by Gasteiger charge is 2.50. The molecule has 3 heterocycles. The van der Waals surface area contributed by atoms with E-state index < -0.39 is 41.4 Å². The van der Waals surface area contributed by atoms with Crippen LogP contribution in [0.25, 0.3) is 0 Å². The monoisotopic (exact) mass is 581 g/mol. The van der Waals surface area contributed by atoms with Gasteiger partial charge in [-0.2, -0.15) is 0 Å². The van der Waals surface area contributed by atoms with E-state index in [4.69, 9.17) is 14.0 Å². The summed E-state index contributed by atoms with van der Waals surface area (Å²) < 4.78 is 16.0. The van der Waals surface area contributed by atoms with Crippen LogP contribution in [0.15, 0.2) is 10.6 Å². The van der Waals surface area contributed by atoms with E-state index in [1.165, 1.54) is 0 Å². The maximum Gasteiger partial charge on any atom is 0.274 e. The molecule has 2 fully saturated rings. The Hall–Kier alpha value is -2.40. The van der Waals surface area contributed by atoms with Crippen LogP contribution in [0.2, 0.25) is 0 Å². The summed E-state index contributed by atoms with van der Waals surface area (Å²) in [6.45, 7) is 13.2. The Bertz CT molecular complexity index is 1040. The lowest BCUT2D eigenvalue weighted by Crippen LogP contribution is -2.57. The molecule has 12 nitrogen and oxygen atoms in total. The molecule has 2 aliphatic rings. The minimum Gasteiger partial charge on any atom is -0.379 e. The maximum atomic E-state index is 13.3. The summed E-state index contributed by atoms with van der Waals surface area (Å²) in [6.07, 6.45) is 1.04. The molecule has 0 spiro atoms. The number of nitrogens with zero attached hydrogens (tertiary/aromatic N) is 2. The van der Waals surface area contributed by atoms with Crippen LogP contribution in [0, 0.1) is 11.8 Å². The average Bonchev–Trinajstić information content (AvgIpc) is 3.48. The van der Waals surface area contributed by atoms with Gasteiger partial charge in [-0.25, -0.2) is 0 Å². The largest absolute Gasteiger partial charge is 0.379 e. The summed E-state index contributed by atoms with van der Waals surface area (Å²) in [4.78, 5) is 54.5. The van der Waals surface area contributed by atoms with Crippen LogP contribution in [-0.2, 0) is 30.4 Å². The number of carbonyl (C=O) groups excluding carboxylic acids is 4. The van der Waals surface area contributed by atoms with Crippen LogP contribution in [0.5, 0.6) is 0 Å². The number of Topliss-reactive ketones (excluding diaryl/α,β-unsaturated/α-hetero) is 1. The topological polar surface area (TPSA) is 155 Å². The summed E-state index contributed by atoms with van der Waals surface area (Å²) >= 11 is 0. The molecule has 0 radical (unpaired) electrons. The number of morpholine rings is 1. The van der Waals surface area contributed by atoms with Gasteiger partial charge in [-0.3, -0.25) is 24.1 Å². The SMILES string of the molecule is CC(C)C[C@H](NC(=O)c1cc(CN2CCOCC2)on1)C(=O)N[C@@H](CP)C(=O)N[C@@H](CC(C)C)C(=O)[C@@]1(C)CO1. The molecule has 2 aliphatic heterocycles. The predicted molar refractivity (Wildman–Crippen MR) is 151 cm³/mol. The summed E-state index contributed by atoms with van der Waals surface area (Å²) in [6, 6.07) is -0.956. The Morgan fingerprint density at radius 1 is 0.975 bits per heavy atom. The number of epoxide rings is 1. The third-order valence-corrected chi connectivity index (χ3v) is 7.38. The van der Waals surface area contributed by atoms with Gasteiger partial charge in [0.2, 0.25) is 11.8 Å². The first-order valence-corrected chi connectivity index (χ1v) is 14.8. The smallest absolute Gasteiger partial charge is 0.274 e. The highest BCUT2D eigenvalue weighted by atomic mass is 31.0. The number of rotatable bonds is 15. The quantitative estimate of drug-likeness (QED) is 0.202. The van der Waals surface area contributed by atoms with Crippen LogP contribution in [0.3, 0.4) is 0 Å². The number of nitrogens with one attached hydrogen (secondary N) is 3. The summed E-state index contributed by atoms with van der Waals surface area (Å²) in [7, 11) is 2.45. The van der Waals surface area contributed by atoms with Crippen LogP contribution < -0.4 is 16.0 Å². The van der Waals surface area contributed by atoms with Crippen molar-refractivity contribution in [1.82, 2.24) is 26.0 Å². The van der Waals surface area contributed by atoms with Crippen molar-refractivity contribution in [3.8, 4) is 0 Å². The molecular weight excluding hydrogens is 537 g/mol. The number of aromatic nitrogens is 1. The van der Waals surface area contributed by atoms with Crippen molar-refractivity contribution in [2.45, 2.75) is 77.7 Å². The third-order valence-electron chi connectivity index (χ3n) is 6.91. The second kappa shape index (κ2) is 14.5. The lowest BCUT2D eigenvalue weighted by Gasteiger charge is -2.26. The lowest BCUT2D eigenvalue weighted by atomic mass is 9.93. The first-order valence-electron chi connectivity index (χ1n) is 14.0. The molecule has 2 saturated heterocycles. The fourth-order valence-electron chi connectivity index (χ4n) is 4.51. The molecule has 3 N–H and O–H groups in total. The number of ketones is 1. The van der Waals surface area contributed by atoms with E-state index in [1.807, 2.05) is 27.7 Å². The minimum absolute atomic E-state index is 0.0796. The van der Waals surface area contributed by atoms with E-state index in [2.05, 4.69) is 35.2 Å². The zero-order valence-electron chi connectivity index (χ0n) is 24.2. The second-order valence-corrected chi connectivity index (χ2v) is 12.1. The Morgan fingerprint density at radius 3 is 2.12 bits per heavy atom. The molecule has 1 aromatic heterocycles. The second-order valence-electron chi connectivity index (χ2n) is 11.6. The molecule has 0 aliphatic carbocycles. The minimum atomic E-state index is -0.911. The molecule has 1 unspecified atom stereocenters. The van der Waals surface area contributed by atoms with Gasteiger partial charge in [0.25, 0.3) is 5.91 Å². The predicted octanol–water partition coefficient (Wildman–Crippen LogP) is 0.900. The van der Waals surface area contributed by atoms with Crippen LogP contribution in [-0.4, -0.2) is 96.4 Å². The normalized spacial score (nSPS) is 21.5. The molecular formula is C27H44N5O7P. The number of hydrogen-bond donors (Lipinski definition) is 3. The Kier molecular flexibility index (Phi) is 11.6. The molecule has 13 heteroatoms. The number of carbonyl (C=O) groups is 4. The lowest BCUT2D eigenvalue weighted by molar-refractivity contribution is -0.133. The van der Waals surface area contributed by atoms with Crippen LogP contribution in [0.1, 0.15) is 63.7 Å². The van der Waals surface area contributed by atoms with Crippen molar-refractivity contribution in [3.63, 3.8) is 0 Å². The van der Waals surface area contributed by atoms with E-state index in [0.29, 0.717) is 45.0 Å². The fourth-order valence-corrected chi connectivity index (χ4v) is 4.84. The summed E-state index contributed by atoms with van der Waals surface area (Å²) in [5, 5.41) is 12.2. The zero-order valence-corrected chi connectivity index (χ0v) is 25.3. The third kappa shape index (κ3) is 9.33. The summed E-state index contributed by atoms with van der Waals surface area (Å²) in [5.74, 6) is -0.874.